The first-order chi connectivity index (χ1) is 7.15. The lowest BCUT2D eigenvalue weighted by Gasteiger charge is -2.09. The third kappa shape index (κ3) is 3.12. The second-order valence-electron chi connectivity index (χ2n) is 3.30. The fourth-order valence-electron chi connectivity index (χ4n) is 1.36. The van der Waals surface area contributed by atoms with E-state index in [9.17, 15) is 4.79 Å². The molecule has 0 aliphatic carbocycles. The second-order valence-corrected chi connectivity index (χ2v) is 3.30. The molecule has 3 nitrogen and oxygen atoms in total. The van der Waals surface area contributed by atoms with Crippen LogP contribution in [0.1, 0.15) is 11.1 Å². The number of aliphatic carboxylic acids is 1. The van der Waals surface area contributed by atoms with Gasteiger partial charge in [0.05, 0.1) is 0 Å². The van der Waals surface area contributed by atoms with Crippen LogP contribution in [0.25, 0.3) is 0 Å². The molecular weight excluding hydrogens is 190 g/mol. The number of rotatable bonds is 4. The highest BCUT2D eigenvalue weighted by Gasteiger charge is 2.13. The van der Waals surface area contributed by atoms with Crippen LogP contribution < -0.4 is 5.73 Å². The van der Waals surface area contributed by atoms with Gasteiger partial charge in [0.25, 0.3) is 0 Å². The summed E-state index contributed by atoms with van der Waals surface area (Å²) in [6.45, 7) is 0. The van der Waals surface area contributed by atoms with Crippen LogP contribution in [-0.2, 0) is 17.6 Å². The highest BCUT2D eigenvalue weighted by Crippen LogP contribution is 2.11. The molecule has 0 saturated carbocycles. The Hall–Kier alpha value is -1.79. The molecule has 0 radical (unpaired) electrons. The Bertz CT molecular complexity index is 393. The zero-order valence-electron chi connectivity index (χ0n) is 8.31. The Morgan fingerprint density at radius 1 is 1.47 bits per heavy atom. The third-order valence-electron chi connectivity index (χ3n) is 2.17. The largest absolute Gasteiger partial charge is 0.480 e. The summed E-state index contributed by atoms with van der Waals surface area (Å²) >= 11 is 0. The first kappa shape index (κ1) is 11.3. The number of carbonyl (C=O) groups is 1. The van der Waals surface area contributed by atoms with Gasteiger partial charge in [0.1, 0.15) is 6.04 Å². The lowest BCUT2D eigenvalue weighted by molar-refractivity contribution is -0.138. The Kier molecular flexibility index (Phi) is 3.90. The van der Waals surface area contributed by atoms with Gasteiger partial charge in [-0.15, -0.1) is 12.3 Å². The van der Waals surface area contributed by atoms with E-state index in [-0.39, 0.29) is 0 Å². The number of terminal acetylenes is 1. The zero-order valence-corrected chi connectivity index (χ0v) is 8.31. The van der Waals surface area contributed by atoms with Crippen molar-refractivity contribution in [3.63, 3.8) is 0 Å². The quantitative estimate of drug-likeness (QED) is 0.712. The van der Waals surface area contributed by atoms with E-state index >= 15 is 0 Å². The van der Waals surface area contributed by atoms with Crippen molar-refractivity contribution in [1.82, 2.24) is 0 Å². The summed E-state index contributed by atoms with van der Waals surface area (Å²) in [5, 5.41) is 8.70. The lowest BCUT2D eigenvalue weighted by Crippen LogP contribution is -2.32. The summed E-state index contributed by atoms with van der Waals surface area (Å²) in [6, 6.07) is 6.61. The van der Waals surface area contributed by atoms with E-state index < -0.39 is 12.0 Å². The van der Waals surface area contributed by atoms with E-state index in [1.54, 1.807) is 0 Å². The van der Waals surface area contributed by atoms with Crippen LogP contribution in [0.5, 0.6) is 0 Å². The molecule has 0 spiro atoms. The summed E-state index contributed by atoms with van der Waals surface area (Å²) in [6.07, 6.45) is 6.04. The maximum absolute atomic E-state index is 10.6. The van der Waals surface area contributed by atoms with Gasteiger partial charge in [0.2, 0.25) is 0 Å². The minimum absolute atomic E-state index is 0.313. The average molecular weight is 203 g/mol. The van der Waals surface area contributed by atoms with Gasteiger partial charge >= 0.3 is 5.97 Å². The molecule has 3 N–H and O–H groups in total. The molecule has 1 atom stereocenters. The first-order valence-electron chi connectivity index (χ1n) is 4.63. The van der Waals surface area contributed by atoms with Crippen LogP contribution in [0, 0.1) is 12.3 Å². The fraction of sp³-hybridized carbons (Fsp3) is 0.250. The van der Waals surface area contributed by atoms with Crippen molar-refractivity contribution >= 4 is 5.97 Å². The van der Waals surface area contributed by atoms with Gasteiger partial charge in [0.15, 0.2) is 0 Å². The first-order valence-corrected chi connectivity index (χ1v) is 4.63. The van der Waals surface area contributed by atoms with Gasteiger partial charge in [-0.1, -0.05) is 24.3 Å². The smallest absolute Gasteiger partial charge is 0.320 e. The molecule has 1 aromatic rings. The number of carboxylic acid groups (broad SMARTS) is 1. The molecule has 1 rings (SSSR count). The van der Waals surface area contributed by atoms with Gasteiger partial charge in [-0.3, -0.25) is 4.79 Å². The molecule has 1 aromatic carbocycles. The van der Waals surface area contributed by atoms with Gasteiger partial charge in [0, 0.05) is 6.42 Å². The monoisotopic (exact) mass is 203 g/mol. The standard InChI is InChI=1S/C12H13NO2/c1-2-5-9-6-3-4-7-10(9)8-11(13)12(14)15/h1,3-4,6-7,11H,5,8,13H2,(H,14,15)/t11-/m0/s1. The summed E-state index contributed by atoms with van der Waals surface area (Å²) in [7, 11) is 0. The van der Waals surface area contributed by atoms with Gasteiger partial charge in [-0.2, -0.15) is 0 Å². The van der Waals surface area contributed by atoms with Gasteiger partial charge in [-0.25, -0.2) is 0 Å². The van der Waals surface area contributed by atoms with E-state index in [1.165, 1.54) is 0 Å². The van der Waals surface area contributed by atoms with Crippen molar-refractivity contribution in [3.8, 4) is 12.3 Å². The Morgan fingerprint density at radius 2 is 2.07 bits per heavy atom. The maximum Gasteiger partial charge on any atom is 0.320 e. The van der Waals surface area contributed by atoms with E-state index in [4.69, 9.17) is 17.3 Å². The Morgan fingerprint density at radius 3 is 2.60 bits per heavy atom. The van der Waals surface area contributed by atoms with E-state index in [2.05, 4.69) is 5.92 Å². The van der Waals surface area contributed by atoms with Crippen molar-refractivity contribution in [3.05, 3.63) is 35.4 Å². The molecule has 0 saturated heterocycles. The minimum Gasteiger partial charge on any atom is -0.480 e. The highest BCUT2D eigenvalue weighted by atomic mass is 16.4. The van der Waals surface area contributed by atoms with Gasteiger partial charge < -0.3 is 10.8 Å². The van der Waals surface area contributed by atoms with Crippen LogP contribution in [-0.4, -0.2) is 17.1 Å². The predicted octanol–water partition coefficient (Wildman–Crippen LogP) is 0.817. The fourth-order valence-corrected chi connectivity index (χ4v) is 1.36. The molecule has 0 unspecified atom stereocenters. The molecule has 0 aliphatic rings. The van der Waals surface area contributed by atoms with Crippen LogP contribution >= 0.6 is 0 Å². The van der Waals surface area contributed by atoms with Crippen LogP contribution in [0.4, 0.5) is 0 Å². The van der Waals surface area contributed by atoms with Crippen molar-refractivity contribution in [1.29, 1.82) is 0 Å². The predicted molar refractivity (Wildman–Crippen MR) is 58.3 cm³/mol. The Labute approximate surface area is 88.9 Å². The number of nitrogens with two attached hydrogens (primary N) is 1. The number of hydrogen-bond donors (Lipinski definition) is 2. The minimum atomic E-state index is -0.995. The van der Waals surface area contributed by atoms with Crippen molar-refractivity contribution < 1.29 is 9.90 Å². The maximum atomic E-state index is 10.6. The molecule has 0 heterocycles. The normalized spacial score (nSPS) is 11.7. The van der Waals surface area contributed by atoms with Crippen LogP contribution in [0.3, 0.4) is 0 Å². The number of carboxylic acids is 1. The second kappa shape index (κ2) is 5.18. The summed E-state index contributed by atoms with van der Waals surface area (Å²) in [4.78, 5) is 10.6. The van der Waals surface area contributed by atoms with E-state index in [0.29, 0.717) is 12.8 Å². The molecule has 3 heteroatoms. The van der Waals surface area contributed by atoms with Crippen molar-refractivity contribution in [2.45, 2.75) is 18.9 Å². The summed E-state index contributed by atoms with van der Waals surface area (Å²) in [5.41, 5.74) is 7.34. The van der Waals surface area contributed by atoms with Crippen molar-refractivity contribution in [2.75, 3.05) is 0 Å². The van der Waals surface area contributed by atoms with Crippen molar-refractivity contribution in [2.24, 2.45) is 5.73 Å². The molecule has 0 bridgehead atoms. The average Bonchev–Trinajstić information content (AvgIpc) is 2.21. The van der Waals surface area contributed by atoms with Gasteiger partial charge in [-0.05, 0) is 17.5 Å². The molecule has 0 aromatic heterocycles. The van der Waals surface area contributed by atoms with Crippen LogP contribution in [0.15, 0.2) is 24.3 Å². The van der Waals surface area contributed by atoms with E-state index in [1.807, 2.05) is 24.3 Å². The molecule has 78 valence electrons. The highest BCUT2D eigenvalue weighted by molar-refractivity contribution is 5.73. The molecule has 0 amide bonds. The van der Waals surface area contributed by atoms with E-state index in [0.717, 1.165) is 11.1 Å². The van der Waals surface area contributed by atoms with Crippen LogP contribution in [0.2, 0.25) is 0 Å². The zero-order chi connectivity index (χ0) is 11.3. The Balaban J connectivity index is 2.85. The summed E-state index contributed by atoms with van der Waals surface area (Å²) in [5.74, 6) is 1.54. The number of benzene rings is 1. The summed E-state index contributed by atoms with van der Waals surface area (Å²) < 4.78 is 0. The third-order valence-corrected chi connectivity index (χ3v) is 2.17. The topological polar surface area (TPSA) is 63.3 Å². The molecule has 15 heavy (non-hydrogen) atoms. The molecule has 0 aliphatic heterocycles. The number of hydrogen-bond acceptors (Lipinski definition) is 2. The SMILES string of the molecule is C#CCc1ccccc1C[C@H](N)C(=O)O. The molecular formula is C12H13NO2. The molecule has 0 fully saturated rings. The lowest BCUT2D eigenvalue weighted by atomic mass is 9.99.